The van der Waals surface area contributed by atoms with Gasteiger partial charge in [0.2, 0.25) is 0 Å². The molecule has 0 unspecified atom stereocenters. The minimum atomic E-state index is -0.409. The molecule has 0 aliphatic carbocycles. The van der Waals surface area contributed by atoms with Crippen LogP contribution in [-0.4, -0.2) is 11.0 Å². The number of aromatic nitrogens is 1. The Labute approximate surface area is 87.4 Å². The summed E-state index contributed by atoms with van der Waals surface area (Å²) in [5.74, 6) is -0.409. The number of benzene rings is 1. The Balaban J connectivity index is 2.15. The average molecular weight is 201 g/mol. The third kappa shape index (κ3) is 2.07. The average Bonchev–Trinajstić information content (AvgIpc) is 2.68. The third-order valence-corrected chi connectivity index (χ3v) is 2.12. The van der Waals surface area contributed by atoms with Gasteiger partial charge in [-0.3, -0.25) is 0 Å². The number of carbonyl (C=O) groups excluding carboxylic acids is 1. The normalized spacial score (nSPS) is 10.1. The first-order valence-corrected chi connectivity index (χ1v) is 4.65. The summed E-state index contributed by atoms with van der Waals surface area (Å²) in [4.78, 5) is 14.0. The molecule has 0 aliphatic heterocycles. The van der Waals surface area contributed by atoms with E-state index in [2.05, 4.69) is 11.6 Å². The lowest BCUT2D eigenvalue weighted by Gasteiger charge is -1.97. The van der Waals surface area contributed by atoms with Gasteiger partial charge in [-0.2, -0.15) is 0 Å². The maximum absolute atomic E-state index is 10.8. The van der Waals surface area contributed by atoms with Crippen LogP contribution in [0.4, 0.5) is 0 Å². The smallest absolute Gasteiger partial charge is 0.330 e. The molecule has 76 valence electrons. The van der Waals surface area contributed by atoms with Crippen LogP contribution in [-0.2, 0) is 16.1 Å². The number of esters is 1. The number of hydrogen-bond donors (Lipinski definition) is 1. The van der Waals surface area contributed by atoms with Crippen LogP contribution >= 0.6 is 0 Å². The van der Waals surface area contributed by atoms with E-state index in [0.717, 1.165) is 22.7 Å². The highest BCUT2D eigenvalue weighted by Gasteiger charge is 2.01. The largest absolute Gasteiger partial charge is 0.456 e. The highest BCUT2D eigenvalue weighted by Crippen LogP contribution is 2.14. The second kappa shape index (κ2) is 4.00. The van der Waals surface area contributed by atoms with E-state index >= 15 is 0 Å². The molecule has 0 fully saturated rings. The van der Waals surface area contributed by atoms with Gasteiger partial charge in [0, 0.05) is 11.6 Å². The van der Waals surface area contributed by atoms with Crippen molar-refractivity contribution in [2.75, 3.05) is 0 Å². The monoisotopic (exact) mass is 201 g/mol. The number of ether oxygens (including phenoxy) is 1. The van der Waals surface area contributed by atoms with Gasteiger partial charge < -0.3 is 9.72 Å². The zero-order valence-corrected chi connectivity index (χ0v) is 8.19. The van der Waals surface area contributed by atoms with Crippen molar-refractivity contribution in [3.63, 3.8) is 0 Å². The predicted molar refractivity (Wildman–Crippen MR) is 58.3 cm³/mol. The van der Waals surface area contributed by atoms with Crippen LogP contribution in [0.25, 0.3) is 10.9 Å². The molecule has 2 rings (SSSR count). The van der Waals surface area contributed by atoms with E-state index in [1.807, 2.05) is 30.3 Å². The molecule has 3 heteroatoms. The van der Waals surface area contributed by atoms with Gasteiger partial charge in [-0.15, -0.1) is 0 Å². The summed E-state index contributed by atoms with van der Waals surface area (Å²) in [7, 11) is 0. The highest BCUT2D eigenvalue weighted by atomic mass is 16.5. The molecule has 0 spiro atoms. The maximum Gasteiger partial charge on any atom is 0.330 e. The third-order valence-electron chi connectivity index (χ3n) is 2.12. The van der Waals surface area contributed by atoms with E-state index in [1.54, 1.807) is 0 Å². The Hall–Kier alpha value is -2.03. The molecule has 0 atom stereocenters. The van der Waals surface area contributed by atoms with Crippen molar-refractivity contribution in [1.82, 2.24) is 4.98 Å². The minimum absolute atomic E-state index is 0.250. The molecule has 0 amide bonds. The summed E-state index contributed by atoms with van der Waals surface area (Å²) in [5, 5.41) is 1.11. The summed E-state index contributed by atoms with van der Waals surface area (Å²) in [6.45, 7) is 3.58. The molecule has 1 heterocycles. The first kappa shape index (κ1) is 9.52. The fourth-order valence-electron chi connectivity index (χ4n) is 1.42. The molecular weight excluding hydrogens is 190 g/mol. The Kier molecular flexibility index (Phi) is 2.54. The van der Waals surface area contributed by atoms with Crippen LogP contribution in [0.2, 0.25) is 0 Å². The van der Waals surface area contributed by atoms with Gasteiger partial charge in [-0.05, 0) is 17.5 Å². The number of H-pyrrole nitrogens is 1. The summed E-state index contributed by atoms with van der Waals surface area (Å²) >= 11 is 0. The number of fused-ring (bicyclic) bond motifs is 1. The molecule has 1 N–H and O–H groups in total. The summed E-state index contributed by atoms with van der Waals surface area (Å²) in [6, 6.07) is 9.87. The topological polar surface area (TPSA) is 42.1 Å². The fraction of sp³-hybridized carbons (Fsp3) is 0.0833. The van der Waals surface area contributed by atoms with Crippen LogP contribution in [0.1, 0.15) is 5.69 Å². The van der Waals surface area contributed by atoms with Crippen molar-refractivity contribution < 1.29 is 9.53 Å². The van der Waals surface area contributed by atoms with Gasteiger partial charge in [0.25, 0.3) is 0 Å². The molecule has 15 heavy (non-hydrogen) atoms. The first-order valence-electron chi connectivity index (χ1n) is 4.65. The van der Waals surface area contributed by atoms with E-state index in [0.29, 0.717) is 0 Å². The Bertz CT molecular complexity index is 466. The second-order valence-corrected chi connectivity index (χ2v) is 3.19. The van der Waals surface area contributed by atoms with E-state index < -0.39 is 5.97 Å². The van der Waals surface area contributed by atoms with Crippen molar-refractivity contribution in [2.45, 2.75) is 6.61 Å². The number of aromatic amines is 1. The van der Waals surface area contributed by atoms with Crippen LogP contribution in [0.15, 0.2) is 43.0 Å². The Morgan fingerprint density at radius 1 is 1.47 bits per heavy atom. The van der Waals surface area contributed by atoms with Gasteiger partial charge in [0.15, 0.2) is 0 Å². The lowest BCUT2D eigenvalue weighted by Crippen LogP contribution is -1.99. The highest BCUT2D eigenvalue weighted by molar-refractivity contribution is 5.82. The van der Waals surface area contributed by atoms with Crippen LogP contribution in [0, 0.1) is 0 Å². The molecule has 3 nitrogen and oxygen atoms in total. The molecule has 1 aromatic carbocycles. The van der Waals surface area contributed by atoms with Crippen molar-refractivity contribution in [1.29, 1.82) is 0 Å². The summed E-state index contributed by atoms with van der Waals surface area (Å²) in [6.07, 6.45) is 1.16. The first-order chi connectivity index (χ1) is 7.29. The van der Waals surface area contributed by atoms with E-state index in [9.17, 15) is 4.79 Å². The van der Waals surface area contributed by atoms with Gasteiger partial charge in [-0.25, -0.2) is 4.79 Å². The lowest BCUT2D eigenvalue weighted by atomic mass is 10.2. The van der Waals surface area contributed by atoms with Crippen molar-refractivity contribution in [2.24, 2.45) is 0 Å². The van der Waals surface area contributed by atoms with Gasteiger partial charge in [-0.1, -0.05) is 24.8 Å². The SMILES string of the molecule is C=CC(=O)OCc1cc2ccccc2[nH]1. The molecule has 0 bridgehead atoms. The van der Waals surface area contributed by atoms with Crippen molar-refractivity contribution >= 4 is 16.9 Å². The van der Waals surface area contributed by atoms with Gasteiger partial charge in [0.1, 0.15) is 6.61 Å². The molecule has 1 aromatic heterocycles. The maximum atomic E-state index is 10.8. The lowest BCUT2D eigenvalue weighted by molar-refractivity contribution is -0.139. The number of nitrogens with one attached hydrogen (secondary N) is 1. The Morgan fingerprint density at radius 3 is 3.00 bits per heavy atom. The molecule has 0 saturated heterocycles. The molecule has 0 saturated carbocycles. The number of rotatable bonds is 3. The standard InChI is InChI=1S/C12H11NO2/c1-2-12(14)15-8-10-7-9-5-3-4-6-11(9)13-10/h2-7,13H,1,8H2. The van der Waals surface area contributed by atoms with Crippen molar-refractivity contribution in [3.8, 4) is 0 Å². The van der Waals surface area contributed by atoms with Crippen LogP contribution in [0.5, 0.6) is 0 Å². The van der Waals surface area contributed by atoms with Crippen LogP contribution in [0.3, 0.4) is 0 Å². The van der Waals surface area contributed by atoms with Crippen LogP contribution < -0.4 is 0 Å². The summed E-state index contributed by atoms with van der Waals surface area (Å²) in [5.41, 5.74) is 1.92. The fourth-order valence-corrected chi connectivity index (χ4v) is 1.42. The molecular formula is C12H11NO2. The molecule has 0 radical (unpaired) electrons. The van der Waals surface area contributed by atoms with Crippen molar-refractivity contribution in [3.05, 3.63) is 48.7 Å². The summed E-state index contributed by atoms with van der Waals surface area (Å²) < 4.78 is 4.92. The minimum Gasteiger partial charge on any atom is -0.456 e. The molecule has 2 aromatic rings. The zero-order valence-electron chi connectivity index (χ0n) is 8.19. The zero-order chi connectivity index (χ0) is 10.7. The van der Waals surface area contributed by atoms with E-state index in [1.165, 1.54) is 0 Å². The number of hydrogen-bond acceptors (Lipinski definition) is 2. The van der Waals surface area contributed by atoms with Gasteiger partial charge in [0.05, 0.1) is 5.69 Å². The van der Waals surface area contributed by atoms with E-state index in [-0.39, 0.29) is 6.61 Å². The quantitative estimate of drug-likeness (QED) is 0.612. The van der Waals surface area contributed by atoms with Gasteiger partial charge >= 0.3 is 5.97 Å². The number of carbonyl (C=O) groups is 1. The number of para-hydroxylation sites is 1. The van der Waals surface area contributed by atoms with E-state index in [4.69, 9.17) is 4.74 Å². The molecule has 0 aliphatic rings. The predicted octanol–water partition coefficient (Wildman–Crippen LogP) is 2.40. The Morgan fingerprint density at radius 2 is 2.27 bits per heavy atom. The second-order valence-electron chi connectivity index (χ2n) is 3.19.